The Bertz CT molecular complexity index is 516. The fraction of sp³-hybridized carbons (Fsp3) is 0. The van der Waals surface area contributed by atoms with Crippen LogP contribution in [0.15, 0.2) is 17.3 Å². The highest BCUT2D eigenvalue weighted by molar-refractivity contribution is 5.51. The molecular weight excluding hydrogens is 158 g/mol. The summed E-state index contributed by atoms with van der Waals surface area (Å²) in [5.41, 5.74) is -0.236. The Labute approximate surface area is 66.3 Å². The summed E-state index contributed by atoms with van der Waals surface area (Å²) in [5, 5.41) is 6.32. The van der Waals surface area contributed by atoms with Gasteiger partial charge >= 0.3 is 0 Å². The molecule has 0 unspecified atom stereocenters. The van der Waals surface area contributed by atoms with Gasteiger partial charge in [0, 0.05) is 6.20 Å². The predicted molar refractivity (Wildman–Crippen MR) is 39.9 cm³/mol. The summed E-state index contributed by atoms with van der Waals surface area (Å²) in [4.78, 5) is 18.0. The maximum Gasteiger partial charge on any atom is 0.254 e. The molecule has 0 saturated carbocycles. The second-order valence-corrected chi connectivity index (χ2v) is 2.10. The van der Waals surface area contributed by atoms with Crippen LogP contribution in [0.25, 0.3) is 10.5 Å². The van der Waals surface area contributed by atoms with E-state index in [9.17, 15) is 4.79 Å². The van der Waals surface area contributed by atoms with Gasteiger partial charge in [-0.05, 0) is 0 Å². The van der Waals surface area contributed by atoms with Gasteiger partial charge in [-0.1, -0.05) is 0 Å². The van der Waals surface area contributed by atoms with Crippen LogP contribution < -0.4 is 5.43 Å². The van der Waals surface area contributed by atoms with Gasteiger partial charge in [0.05, 0.1) is 6.57 Å². The highest BCUT2D eigenvalue weighted by atomic mass is 16.1. The molecule has 0 radical (unpaired) electrons. The van der Waals surface area contributed by atoms with Crippen LogP contribution in [0.1, 0.15) is 0 Å². The van der Waals surface area contributed by atoms with Crippen molar-refractivity contribution in [2.75, 3.05) is 0 Å². The fourth-order valence-corrected chi connectivity index (χ4v) is 0.876. The standard InChI is InChI=1S/C6H3N5O/c1-7-4-2-9-11-6(5(4)12)8-3-10-11/h2-3,9H. The van der Waals surface area contributed by atoms with Gasteiger partial charge in [0.25, 0.3) is 5.69 Å². The minimum Gasteiger partial charge on any atom is -0.299 e. The molecule has 2 aromatic heterocycles. The van der Waals surface area contributed by atoms with E-state index in [-0.39, 0.29) is 11.3 Å². The van der Waals surface area contributed by atoms with Crippen molar-refractivity contribution >= 4 is 11.3 Å². The average molecular weight is 161 g/mol. The van der Waals surface area contributed by atoms with Gasteiger partial charge < -0.3 is 0 Å². The molecule has 6 heteroatoms. The zero-order valence-electron chi connectivity index (χ0n) is 5.85. The first-order valence-corrected chi connectivity index (χ1v) is 3.12. The van der Waals surface area contributed by atoms with E-state index in [1.54, 1.807) is 0 Å². The highest BCUT2D eigenvalue weighted by Crippen LogP contribution is 2.01. The quantitative estimate of drug-likeness (QED) is 0.551. The Balaban J connectivity index is 3.00. The minimum absolute atomic E-state index is 0.0236. The van der Waals surface area contributed by atoms with Crippen LogP contribution >= 0.6 is 0 Å². The van der Waals surface area contributed by atoms with Crippen LogP contribution in [0.4, 0.5) is 5.69 Å². The van der Waals surface area contributed by atoms with Crippen molar-refractivity contribution in [1.29, 1.82) is 0 Å². The third kappa shape index (κ3) is 0.703. The molecule has 0 aliphatic carbocycles. The summed E-state index contributed by atoms with van der Waals surface area (Å²) >= 11 is 0. The highest BCUT2D eigenvalue weighted by Gasteiger charge is 2.04. The van der Waals surface area contributed by atoms with Gasteiger partial charge in [0.2, 0.25) is 11.1 Å². The van der Waals surface area contributed by atoms with Gasteiger partial charge in [0.1, 0.15) is 6.33 Å². The summed E-state index contributed by atoms with van der Waals surface area (Å²) in [6.45, 7) is 6.66. The summed E-state index contributed by atoms with van der Waals surface area (Å²) < 4.78 is 1.22. The van der Waals surface area contributed by atoms with Crippen molar-refractivity contribution in [3.05, 3.63) is 34.2 Å². The molecule has 0 saturated heterocycles. The zero-order valence-corrected chi connectivity index (χ0v) is 5.85. The first kappa shape index (κ1) is 6.54. The molecule has 0 atom stereocenters. The number of aromatic amines is 1. The Morgan fingerprint density at radius 2 is 2.50 bits per heavy atom. The molecule has 12 heavy (non-hydrogen) atoms. The smallest absolute Gasteiger partial charge is 0.254 e. The first-order chi connectivity index (χ1) is 5.83. The normalized spacial score (nSPS) is 9.92. The Kier molecular flexibility index (Phi) is 1.18. The van der Waals surface area contributed by atoms with Crippen LogP contribution in [-0.4, -0.2) is 19.8 Å². The van der Waals surface area contributed by atoms with E-state index < -0.39 is 5.43 Å². The van der Waals surface area contributed by atoms with E-state index in [0.29, 0.717) is 0 Å². The molecule has 0 amide bonds. The fourth-order valence-electron chi connectivity index (χ4n) is 0.876. The van der Waals surface area contributed by atoms with E-state index in [1.807, 2.05) is 0 Å². The van der Waals surface area contributed by atoms with Crippen molar-refractivity contribution in [3.8, 4) is 0 Å². The van der Waals surface area contributed by atoms with E-state index in [2.05, 4.69) is 20.0 Å². The van der Waals surface area contributed by atoms with Crippen LogP contribution in [-0.2, 0) is 0 Å². The van der Waals surface area contributed by atoms with Crippen LogP contribution in [0.3, 0.4) is 0 Å². The number of hydrogen-bond donors (Lipinski definition) is 1. The van der Waals surface area contributed by atoms with Gasteiger partial charge in [0.15, 0.2) is 0 Å². The van der Waals surface area contributed by atoms with Crippen LogP contribution in [0.2, 0.25) is 0 Å². The molecule has 1 N–H and O–H groups in total. The third-order valence-electron chi connectivity index (χ3n) is 1.43. The van der Waals surface area contributed by atoms with Crippen LogP contribution in [0, 0.1) is 6.57 Å². The van der Waals surface area contributed by atoms with Crippen molar-refractivity contribution < 1.29 is 0 Å². The minimum atomic E-state index is -0.402. The molecule has 0 aliphatic heterocycles. The Hall–Kier alpha value is -2.16. The molecule has 0 fully saturated rings. The SMILES string of the molecule is [C-]#[N+]c1c[nH]n2ncnc2c1=O. The average Bonchev–Trinajstić information content (AvgIpc) is 2.53. The number of H-pyrrole nitrogens is 1. The largest absolute Gasteiger partial charge is 0.299 e. The number of fused-ring (bicyclic) bond motifs is 1. The topological polar surface area (TPSA) is 67.4 Å². The molecule has 2 rings (SSSR count). The lowest BCUT2D eigenvalue weighted by Gasteiger charge is -1.90. The molecule has 0 aromatic carbocycles. The van der Waals surface area contributed by atoms with E-state index in [1.165, 1.54) is 17.2 Å². The monoisotopic (exact) mass is 161 g/mol. The van der Waals surface area contributed by atoms with Gasteiger partial charge in [-0.3, -0.25) is 9.89 Å². The number of aromatic nitrogens is 4. The molecule has 0 aliphatic rings. The number of nitrogens with zero attached hydrogens (tertiary/aromatic N) is 4. The van der Waals surface area contributed by atoms with E-state index >= 15 is 0 Å². The lowest BCUT2D eigenvalue weighted by molar-refractivity contribution is 0.798. The maximum absolute atomic E-state index is 11.3. The molecule has 58 valence electrons. The summed E-state index contributed by atoms with van der Waals surface area (Å²) in [6, 6.07) is 0. The van der Waals surface area contributed by atoms with Crippen molar-refractivity contribution in [1.82, 2.24) is 19.8 Å². The number of rotatable bonds is 0. The molecular formula is C6H3N5O. The maximum atomic E-state index is 11.3. The molecule has 6 nitrogen and oxygen atoms in total. The van der Waals surface area contributed by atoms with Crippen molar-refractivity contribution in [2.45, 2.75) is 0 Å². The molecule has 2 heterocycles. The molecule has 0 spiro atoms. The predicted octanol–water partition coefficient (Wildman–Crippen LogP) is -0.0316. The first-order valence-electron chi connectivity index (χ1n) is 3.12. The van der Waals surface area contributed by atoms with Crippen molar-refractivity contribution in [2.24, 2.45) is 0 Å². The Morgan fingerprint density at radius 3 is 3.25 bits per heavy atom. The second-order valence-electron chi connectivity index (χ2n) is 2.10. The summed E-state index contributed by atoms with van der Waals surface area (Å²) in [7, 11) is 0. The summed E-state index contributed by atoms with van der Waals surface area (Å²) in [5.74, 6) is 0. The molecule has 2 aromatic rings. The second kappa shape index (κ2) is 2.17. The van der Waals surface area contributed by atoms with Crippen molar-refractivity contribution in [3.63, 3.8) is 0 Å². The third-order valence-corrected chi connectivity index (χ3v) is 1.43. The lowest BCUT2D eigenvalue weighted by Crippen LogP contribution is -2.07. The Morgan fingerprint density at radius 1 is 1.67 bits per heavy atom. The van der Waals surface area contributed by atoms with Gasteiger partial charge in [-0.25, -0.2) is 9.83 Å². The zero-order chi connectivity index (χ0) is 8.55. The lowest BCUT2D eigenvalue weighted by atomic mass is 10.4. The van der Waals surface area contributed by atoms with E-state index in [0.717, 1.165) is 0 Å². The van der Waals surface area contributed by atoms with E-state index in [4.69, 9.17) is 6.57 Å². The van der Waals surface area contributed by atoms with Crippen LogP contribution in [0.5, 0.6) is 0 Å². The molecule has 0 bridgehead atoms. The van der Waals surface area contributed by atoms with Gasteiger partial charge in [-0.15, -0.1) is 5.10 Å². The number of hydrogen-bond acceptors (Lipinski definition) is 3. The summed E-state index contributed by atoms with van der Waals surface area (Å²) in [6.07, 6.45) is 2.55. The number of nitrogens with one attached hydrogen (secondary N) is 1. The van der Waals surface area contributed by atoms with Gasteiger partial charge in [-0.2, -0.15) is 4.63 Å².